The summed E-state index contributed by atoms with van der Waals surface area (Å²) in [5.41, 5.74) is 1.52. The predicted octanol–water partition coefficient (Wildman–Crippen LogP) is 7.96. The molecule has 0 fully saturated rings. The summed E-state index contributed by atoms with van der Waals surface area (Å²) < 4.78 is 12.1. The zero-order valence-corrected chi connectivity index (χ0v) is 20.6. The highest BCUT2D eigenvalue weighted by Gasteiger charge is 2.20. The van der Waals surface area contributed by atoms with Gasteiger partial charge in [-0.3, -0.25) is 4.79 Å². The SMILES string of the molecule is CC(=O)/C=C/CC[C@@H](OCc1c(Cl)cccc1Cl)[C@@H](C)COCc1c(Cl)cccc1Cl. The van der Waals surface area contributed by atoms with Crippen molar-refractivity contribution in [2.24, 2.45) is 5.92 Å². The van der Waals surface area contributed by atoms with Gasteiger partial charge in [0, 0.05) is 37.1 Å². The van der Waals surface area contributed by atoms with Crippen molar-refractivity contribution in [2.45, 2.75) is 46.0 Å². The van der Waals surface area contributed by atoms with Crippen LogP contribution in [0, 0.1) is 5.92 Å². The third-order valence-corrected chi connectivity index (χ3v) is 6.21. The second-order valence-corrected chi connectivity index (χ2v) is 8.96. The largest absolute Gasteiger partial charge is 0.376 e. The maximum Gasteiger partial charge on any atom is 0.152 e. The molecule has 2 rings (SSSR count). The van der Waals surface area contributed by atoms with Crippen molar-refractivity contribution in [1.82, 2.24) is 0 Å². The molecule has 3 nitrogen and oxygen atoms in total. The van der Waals surface area contributed by atoms with E-state index in [-0.39, 0.29) is 17.8 Å². The molecule has 31 heavy (non-hydrogen) atoms. The lowest BCUT2D eigenvalue weighted by atomic mass is 10.0. The van der Waals surface area contributed by atoms with Crippen LogP contribution in [0.25, 0.3) is 0 Å². The molecule has 7 heteroatoms. The van der Waals surface area contributed by atoms with E-state index in [1.54, 1.807) is 42.5 Å². The summed E-state index contributed by atoms with van der Waals surface area (Å²) in [6.07, 6.45) is 4.75. The normalized spacial score (nSPS) is 13.5. The van der Waals surface area contributed by atoms with Crippen molar-refractivity contribution < 1.29 is 14.3 Å². The third-order valence-electron chi connectivity index (χ3n) is 4.80. The Bertz CT molecular complexity index is 858. The molecule has 0 spiro atoms. The summed E-state index contributed by atoms with van der Waals surface area (Å²) >= 11 is 25.0. The first-order chi connectivity index (χ1) is 14.8. The molecule has 2 aromatic carbocycles. The lowest BCUT2D eigenvalue weighted by molar-refractivity contribution is -0.112. The first-order valence-electron chi connectivity index (χ1n) is 10.0. The van der Waals surface area contributed by atoms with E-state index in [0.29, 0.717) is 46.3 Å². The van der Waals surface area contributed by atoms with E-state index >= 15 is 0 Å². The van der Waals surface area contributed by atoms with E-state index in [9.17, 15) is 4.79 Å². The topological polar surface area (TPSA) is 35.5 Å². The van der Waals surface area contributed by atoms with Crippen molar-refractivity contribution in [3.63, 3.8) is 0 Å². The molecule has 0 aliphatic heterocycles. The number of ether oxygens (including phenoxy) is 2. The zero-order chi connectivity index (χ0) is 22.8. The Morgan fingerprint density at radius 2 is 1.45 bits per heavy atom. The molecule has 0 heterocycles. The van der Waals surface area contributed by atoms with E-state index < -0.39 is 0 Å². The highest BCUT2D eigenvalue weighted by atomic mass is 35.5. The van der Waals surface area contributed by atoms with Gasteiger partial charge < -0.3 is 9.47 Å². The Hall–Kier alpha value is -1.07. The fraction of sp³-hybridized carbons (Fsp3) is 0.375. The van der Waals surface area contributed by atoms with Gasteiger partial charge in [-0.2, -0.15) is 0 Å². The third kappa shape index (κ3) is 8.76. The van der Waals surface area contributed by atoms with Crippen LogP contribution in [-0.4, -0.2) is 18.5 Å². The van der Waals surface area contributed by atoms with Gasteiger partial charge in [0.15, 0.2) is 5.78 Å². The molecular weight excluding hydrogens is 478 g/mol. The summed E-state index contributed by atoms with van der Waals surface area (Å²) in [4.78, 5) is 11.2. The number of carbonyl (C=O) groups is 1. The van der Waals surface area contributed by atoms with Gasteiger partial charge >= 0.3 is 0 Å². The Labute approximate surface area is 204 Å². The summed E-state index contributed by atoms with van der Waals surface area (Å²) in [6, 6.07) is 10.8. The number of benzene rings is 2. The quantitative estimate of drug-likeness (QED) is 0.275. The van der Waals surface area contributed by atoms with Crippen molar-refractivity contribution in [1.29, 1.82) is 0 Å². The van der Waals surface area contributed by atoms with E-state index in [0.717, 1.165) is 17.5 Å². The van der Waals surface area contributed by atoms with Crippen molar-refractivity contribution >= 4 is 52.2 Å². The average molecular weight is 504 g/mol. The first kappa shape index (κ1) is 26.2. The average Bonchev–Trinajstić information content (AvgIpc) is 2.71. The van der Waals surface area contributed by atoms with Gasteiger partial charge in [-0.15, -0.1) is 0 Å². The summed E-state index contributed by atoms with van der Waals surface area (Å²) in [5, 5.41) is 2.30. The van der Waals surface area contributed by atoms with Crippen molar-refractivity contribution in [3.05, 3.63) is 79.8 Å². The van der Waals surface area contributed by atoms with E-state index in [1.807, 2.05) is 6.08 Å². The molecule has 0 amide bonds. The molecule has 168 valence electrons. The first-order valence-corrected chi connectivity index (χ1v) is 11.5. The van der Waals surface area contributed by atoms with E-state index in [1.165, 1.54) is 6.92 Å². The standard InChI is InChI=1S/C24H26Cl4O3/c1-16(13-30-14-18-20(25)8-5-9-21(18)26)24(12-4-3-7-17(2)29)31-15-19-22(27)10-6-11-23(19)28/h3,5-11,16,24H,4,12-15H2,1-2H3/b7-3+/t16-,24+/m0/s1. The van der Waals surface area contributed by atoms with E-state index in [4.69, 9.17) is 55.9 Å². The number of halogens is 4. The van der Waals surface area contributed by atoms with Gasteiger partial charge in [0.2, 0.25) is 0 Å². The fourth-order valence-electron chi connectivity index (χ4n) is 3.03. The molecule has 0 saturated heterocycles. The second kappa shape index (κ2) is 13.5. The lowest BCUT2D eigenvalue weighted by Gasteiger charge is -2.25. The molecule has 0 aromatic heterocycles. The molecule has 0 unspecified atom stereocenters. The molecule has 0 bridgehead atoms. The van der Waals surface area contributed by atoms with Crippen LogP contribution in [0.4, 0.5) is 0 Å². The molecule has 2 atom stereocenters. The van der Waals surface area contributed by atoms with Crippen LogP contribution in [-0.2, 0) is 27.5 Å². The molecule has 2 aromatic rings. The van der Waals surface area contributed by atoms with Crippen LogP contribution >= 0.6 is 46.4 Å². The van der Waals surface area contributed by atoms with Crippen molar-refractivity contribution in [3.8, 4) is 0 Å². The highest BCUT2D eigenvalue weighted by molar-refractivity contribution is 6.36. The summed E-state index contributed by atoms with van der Waals surface area (Å²) in [5.74, 6) is 0.0987. The molecular formula is C24H26Cl4O3. The summed E-state index contributed by atoms with van der Waals surface area (Å²) in [6.45, 7) is 4.65. The fourth-order valence-corrected chi connectivity index (χ4v) is 4.04. The second-order valence-electron chi connectivity index (χ2n) is 7.33. The van der Waals surface area contributed by atoms with Crippen LogP contribution < -0.4 is 0 Å². The maximum absolute atomic E-state index is 11.2. The number of hydrogen-bond acceptors (Lipinski definition) is 3. The van der Waals surface area contributed by atoms with Gasteiger partial charge in [0.25, 0.3) is 0 Å². The number of hydrogen-bond donors (Lipinski definition) is 0. The van der Waals surface area contributed by atoms with Gasteiger partial charge in [-0.1, -0.05) is 71.5 Å². The van der Waals surface area contributed by atoms with Crippen LogP contribution in [0.15, 0.2) is 48.6 Å². The number of allylic oxidation sites excluding steroid dienone is 2. The zero-order valence-electron chi connectivity index (χ0n) is 17.5. The number of rotatable bonds is 12. The van der Waals surface area contributed by atoms with Gasteiger partial charge in [0.1, 0.15) is 0 Å². The lowest BCUT2D eigenvalue weighted by Crippen LogP contribution is -2.26. The van der Waals surface area contributed by atoms with Gasteiger partial charge in [-0.05, 0) is 50.1 Å². The predicted molar refractivity (Wildman–Crippen MR) is 129 cm³/mol. The van der Waals surface area contributed by atoms with Gasteiger partial charge in [0.05, 0.1) is 25.9 Å². The van der Waals surface area contributed by atoms with Crippen LogP contribution in [0.1, 0.15) is 37.8 Å². The molecule has 0 N–H and O–H groups in total. The molecule has 0 saturated carbocycles. The Morgan fingerprint density at radius 3 is 1.97 bits per heavy atom. The van der Waals surface area contributed by atoms with Crippen LogP contribution in [0.2, 0.25) is 20.1 Å². The molecule has 0 aliphatic rings. The highest BCUT2D eigenvalue weighted by Crippen LogP contribution is 2.28. The monoisotopic (exact) mass is 502 g/mol. The smallest absolute Gasteiger partial charge is 0.152 e. The number of ketones is 1. The Balaban J connectivity index is 1.99. The van der Waals surface area contributed by atoms with Crippen LogP contribution in [0.5, 0.6) is 0 Å². The Kier molecular flexibility index (Phi) is 11.4. The van der Waals surface area contributed by atoms with Crippen molar-refractivity contribution in [2.75, 3.05) is 6.61 Å². The molecule has 0 aliphatic carbocycles. The minimum Gasteiger partial charge on any atom is -0.376 e. The Morgan fingerprint density at radius 1 is 0.935 bits per heavy atom. The minimum absolute atomic E-state index is 0.0216. The molecule has 0 radical (unpaired) electrons. The van der Waals surface area contributed by atoms with Crippen LogP contribution in [0.3, 0.4) is 0 Å². The summed E-state index contributed by atoms with van der Waals surface area (Å²) in [7, 11) is 0. The van der Waals surface area contributed by atoms with E-state index in [2.05, 4.69) is 6.92 Å². The minimum atomic E-state index is -0.120. The van der Waals surface area contributed by atoms with Gasteiger partial charge in [-0.25, -0.2) is 0 Å². The number of carbonyl (C=O) groups excluding carboxylic acids is 1. The maximum atomic E-state index is 11.2.